The third kappa shape index (κ3) is 2.74. The lowest BCUT2D eigenvalue weighted by atomic mass is 10.1. The summed E-state index contributed by atoms with van der Waals surface area (Å²) in [5.74, 6) is 0.272. The summed E-state index contributed by atoms with van der Waals surface area (Å²) in [6.45, 7) is 0. The summed E-state index contributed by atoms with van der Waals surface area (Å²) >= 11 is 0. The molecule has 0 saturated heterocycles. The zero-order valence-corrected chi connectivity index (χ0v) is 13.9. The van der Waals surface area contributed by atoms with Gasteiger partial charge in [0, 0.05) is 17.2 Å². The van der Waals surface area contributed by atoms with Crippen molar-refractivity contribution in [1.82, 2.24) is 0 Å². The fraction of sp³-hybridized carbons (Fsp3) is 0.118. The fourth-order valence-electron chi connectivity index (χ4n) is 2.44. The molecule has 0 amide bonds. The molecule has 2 aromatic carbocycles. The van der Waals surface area contributed by atoms with Crippen molar-refractivity contribution in [2.75, 3.05) is 18.9 Å². The summed E-state index contributed by atoms with van der Waals surface area (Å²) in [7, 11) is -1.02. The molecule has 0 unspecified atom stereocenters. The van der Waals surface area contributed by atoms with Crippen molar-refractivity contribution in [1.29, 1.82) is 0 Å². The van der Waals surface area contributed by atoms with Crippen LogP contribution < -0.4 is 14.2 Å². The van der Waals surface area contributed by atoms with Crippen LogP contribution in [0.2, 0.25) is 0 Å². The largest absolute Gasteiger partial charge is 0.493 e. The molecule has 0 saturated carbocycles. The number of methoxy groups -OCH3 is 2. The minimum Gasteiger partial charge on any atom is -0.493 e. The number of fused-ring (bicyclic) bond motifs is 1. The smallest absolute Gasteiger partial charge is 0.265 e. The fourth-order valence-corrected chi connectivity index (χ4v) is 3.66. The molecule has 7 heteroatoms. The van der Waals surface area contributed by atoms with Gasteiger partial charge in [0.2, 0.25) is 5.78 Å². The standard InChI is InChI=1S/C17H15NO5S/c1-22-14-8-12-9-16(17(19)11-6-4-3-5-7-11)24(20,21)18-13(12)10-15(14)23-2/h3-10,18H,1-2H3. The molecule has 0 spiro atoms. The minimum absolute atomic E-state index is 0.304. The first kappa shape index (κ1) is 16.1. The maximum atomic E-state index is 12.6. The number of benzene rings is 2. The number of sulfonamides is 1. The van der Waals surface area contributed by atoms with Crippen molar-refractivity contribution in [3.63, 3.8) is 0 Å². The molecule has 2 aromatic rings. The first-order chi connectivity index (χ1) is 11.5. The number of hydrogen-bond acceptors (Lipinski definition) is 5. The number of ketones is 1. The molecule has 0 fully saturated rings. The third-order valence-corrected chi connectivity index (χ3v) is 5.01. The maximum Gasteiger partial charge on any atom is 0.265 e. The van der Waals surface area contributed by atoms with E-state index in [4.69, 9.17) is 9.47 Å². The quantitative estimate of drug-likeness (QED) is 0.862. The average molecular weight is 345 g/mol. The second-order valence-electron chi connectivity index (χ2n) is 5.10. The maximum absolute atomic E-state index is 12.6. The number of Topliss-reactive ketones (excluding diaryl/α,β-unsaturated/α-hetero) is 1. The highest BCUT2D eigenvalue weighted by Gasteiger charge is 2.31. The number of carbonyl (C=O) groups is 1. The van der Waals surface area contributed by atoms with Crippen LogP contribution in [0.5, 0.6) is 11.5 Å². The number of rotatable bonds is 4. The molecule has 3 rings (SSSR count). The van der Waals surface area contributed by atoms with Gasteiger partial charge in [0.05, 0.1) is 19.9 Å². The van der Waals surface area contributed by atoms with E-state index < -0.39 is 15.8 Å². The van der Waals surface area contributed by atoms with E-state index in [-0.39, 0.29) is 4.91 Å². The lowest BCUT2D eigenvalue weighted by molar-refractivity contribution is 0.104. The second kappa shape index (κ2) is 6.01. The highest BCUT2D eigenvalue weighted by molar-refractivity contribution is 7.97. The Kier molecular flexibility index (Phi) is 4.02. The summed E-state index contributed by atoms with van der Waals surface area (Å²) in [6, 6.07) is 11.4. The molecule has 1 heterocycles. The topological polar surface area (TPSA) is 81.7 Å². The zero-order chi connectivity index (χ0) is 17.3. The van der Waals surface area contributed by atoms with Crippen molar-refractivity contribution in [2.24, 2.45) is 0 Å². The van der Waals surface area contributed by atoms with Gasteiger partial charge in [0.15, 0.2) is 11.5 Å². The van der Waals surface area contributed by atoms with Crippen LogP contribution in [0.3, 0.4) is 0 Å². The zero-order valence-electron chi connectivity index (χ0n) is 13.1. The lowest BCUT2D eigenvalue weighted by Crippen LogP contribution is -2.24. The van der Waals surface area contributed by atoms with Crippen molar-refractivity contribution in [3.8, 4) is 11.5 Å². The number of hydrogen-bond donors (Lipinski definition) is 1. The van der Waals surface area contributed by atoms with E-state index >= 15 is 0 Å². The number of allylic oxidation sites excluding steroid dienone is 1. The van der Waals surface area contributed by atoms with E-state index in [0.29, 0.717) is 28.3 Å². The Labute approximate surface area is 139 Å². The Morgan fingerprint density at radius 3 is 2.25 bits per heavy atom. The average Bonchev–Trinajstić information content (AvgIpc) is 2.59. The Morgan fingerprint density at radius 1 is 1.00 bits per heavy atom. The van der Waals surface area contributed by atoms with E-state index in [1.165, 1.54) is 26.4 Å². The van der Waals surface area contributed by atoms with Crippen LogP contribution in [0.1, 0.15) is 15.9 Å². The van der Waals surface area contributed by atoms with Gasteiger partial charge >= 0.3 is 0 Å². The van der Waals surface area contributed by atoms with E-state index in [1.54, 1.807) is 36.4 Å². The van der Waals surface area contributed by atoms with Gasteiger partial charge in [-0.2, -0.15) is 0 Å². The lowest BCUT2D eigenvalue weighted by Gasteiger charge is -2.20. The van der Waals surface area contributed by atoms with Gasteiger partial charge in [-0.15, -0.1) is 0 Å². The number of anilines is 1. The Hall–Kier alpha value is -2.80. The molecule has 0 atom stereocenters. The van der Waals surface area contributed by atoms with Crippen LogP contribution in [-0.2, 0) is 10.0 Å². The first-order valence-electron chi connectivity index (χ1n) is 7.06. The van der Waals surface area contributed by atoms with Gasteiger partial charge in [-0.1, -0.05) is 30.3 Å². The molecule has 1 N–H and O–H groups in total. The summed E-state index contributed by atoms with van der Waals surface area (Å²) in [4.78, 5) is 12.2. The number of nitrogens with one attached hydrogen (secondary N) is 1. The SMILES string of the molecule is COc1cc2c(cc1OC)NS(=O)(=O)C(C(=O)c1ccccc1)=C2. The van der Waals surface area contributed by atoms with Gasteiger partial charge in [0.25, 0.3) is 10.0 Å². The predicted octanol–water partition coefficient (Wildman–Crippen LogP) is 2.68. The summed E-state index contributed by atoms with van der Waals surface area (Å²) < 4.78 is 37.7. The highest BCUT2D eigenvalue weighted by Crippen LogP contribution is 2.38. The molecule has 0 radical (unpaired) electrons. The van der Waals surface area contributed by atoms with Crippen LogP contribution >= 0.6 is 0 Å². The van der Waals surface area contributed by atoms with Crippen molar-refractivity contribution in [3.05, 3.63) is 58.5 Å². The third-order valence-electron chi connectivity index (χ3n) is 3.64. The number of ether oxygens (including phenoxy) is 2. The molecule has 24 heavy (non-hydrogen) atoms. The first-order valence-corrected chi connectivity index (χ1v) is 8.55. The molecule has 1 aliphatic rings. The monoisotopic (exact) mass is 345 g/mol. The van der Waals surface area contributed by atoms with Crippen molar-refractivity contribution >= 4 is 27.6 Å². The molecule has 0 aliphatic carbocycles. The molecular formula is C17H15NO5S. The summed E-state index contributed by atoms with van der Waals surface area (Å²) in [5, 5.41) is 0. The van der Waals surface area contributed by atoms with E-state index in [9.17, 15) is 13.2 Å². The second-order valence-corrected chi connectivity index (χ2v) is 6.75. The molecule has 0 aromatic heterocycles. The molecule has 0 bridgehead atoms. The molecule has 124 valence electrons. The van der Waals surface area contributed by atoms with Crippen LogP contribution in [0.15, 0.2) is 47.4 Å². The normalized spacial score (nSPS) is 14.8. The minimum atomic E-state index is -3.96. The van der Waals surface area contributed by atoms with Gasteiger partial charge in [-0.3, -0.25) is 9.52 Å². The van der Waals surface area contributed by atoms with Crippen LogP contribution in [0.25, 0.3) is 6.08 Å². The van der Waals surface area contributed by atoms with Gasteiger partial charge in [-0.05, 0) is 12.1 Å². The predicted molar refractivity (Wildman–Crippen MR) is 90.8 cm³/mol. The van der Waals surface area contributed by atoms with Crippen LogP contribution in [-0.4, -0.2) is 28.4 Å². The number of carbonyl (C=O) groups excluding carboxylic acids is 1. The Balaban J connectivity index is 2.14. The van der Waals surface area contributed by atoms with E-state index in [2.05, 4.69) is 4.72 Å². The van der Waals surface area contributed by atoms with Crippen LogP contribution in [0.4, 0.5) is 5.69 Å². The molecule has 1 aliphatic heterocycles. The van der Waals surface area contributed by atoms with E-state index in [1.807, 2.05) is 0 Å². The Morgan fingerprint density at radius 2 is 1.62 bits per heavy atom. The summed E-state index contributed by atoms with van der Waals surface area (Å²) in [5.41, 5.74) is 1.16. The molecular weight excluding hydrogens is 330 g/mol. The molecule has 6 nitrogen and oxygen atoms in total. The van der Waals surface area contributed by atoms with Gasteiger partial charge in [0.1, 0.15) is 4.91 Å². The van der Waals surface area contributed by atoms with Gasteiger partial charge in [-0.25, -0.2) is 8.42 Å². The Bertz CT molecular complexity index is 933. The van der Waals surface area contributed by atoms with Gasteiger partial charge < -0.3 is 9.47 Å². The van der Waals surface area contributed by atoms with E-state index in [0.717, 1.165) is 0 Å². The van der Waals surface area contributed by atoms with Crippen LogP contribution in [0, 0.1) is 0 Å². The highest BCUT2D eigenvalue weighted by atomic mass is 32.2. The van der Waals surface area contributed by atoms with Crippen molar-refractivity contribution < 1.29 is 22.7 Å². The summed E-state index contributed by atoms with van der Waals surface area (Å²) in [6.07, 6.45) is 1.35. The van der Waals surface area contributed by atoms with Crippen molar-refractivity contribution in [2.45, 2.75) is 0 Å².